The quantitative estimate of drug-likeness (QED) is 0.212. The molecule has 2 rings (SSSR count). The van der Waals surface area contributed by atoms with Crippen LogP contribution in [0.4, 0.5) is 0 Å². The fraction of sp³-hybridized carbons (Fsp3) is 0.519. The van der Waals surface area contributed by atoms with Crippen LogP contribution in [0.5, 0.6) is 11.5 Å². The molecule has 0 bridgehead atoms. The number of hydrogen-bond donors (Lipinski definition) is 2. The van der Waals surface area contributed by atoms with E-state index in [1.54, 1.807) is 32.1 Å². The minimum Gasteiger partial charge on any atom is -0.467 e. The van der Waals surface area contributed by atoms with Crippen molar-refractivity contribution in [1.82, 2.24) is 5.32 Å². The Hall–Kier alpha value is -3.17. The number of amides is 1. The molecule has 0 spiro atoms. The molecule has 1 aliphatic rings. The summed E-state index contributed by atoms with van der Waals surface area (Å²) in [4.78, 5) is 25.2. The highest BCUT2D eigenvalue weighted by Crippen LogP contribution is 2.31. The van der Waals surface area contributed by atoms with Gasteiger partial charge in [0.1, 0.15) is 23.2 Å². The molecular formula is C27H38N2O7. The fourth-order valence-corrected chi connectivity index (χ4v) is 3.43. The standard InChI is InChI=1S/C27H38N2O7/c1-5-25(30)29-22-12-8-10-19(4)36-27(31)26-20(14-21(28)11-9-13-22)15-23(34-17-32-6-2)16-24(26)35-18-33-7-3/h8-9,11-12,15-16,19,22,28H,5-7,10,13-14,17-18H2,1-4H3,(H,29,30)/b11-9+,12-8+,28-21?/t19-,22+/m1/s1. The first-order valence-electron chi connectivity index (χ1n) is 12.4. The van der Waals surface area contributed by atoms with Gasteiger partial charge in [0, 0.05) is 44.3 Å². The lowest BCUT2D eigenvalue weighted by molar-refractivity contribution is -0.121. The summed E-state index contributed by atoms with van der Waals surface area (Å²) in [6.07, 6.45) is 8.43. The Balaban J connectivity index is 2.43. The zero-order chi connectivity index (χ0) is 26.3. The number of ether oxygens (including phenoxy) is 5. The third kappa shape index (κ3) is 9.83. The molecule has 0 unspecified atom stereocenters. The maximum atomic E-state index is 13.3. The van der Waals surface area contributed by atoms with Gasteiger partial charge in [0.2, 0.25) is 5.91 Å². The molecule has 1 amide bonds. The lowest BCUT2D eigenvalue weighted by atomic mass is 9.99. The van der Waals surface area contributed by atoms with Gasteiger partial charge in [-0.15, -0.1) is 0 Å². The zero-order valence-electron chi connectivity index (χ0n) is 21.6. The van der Waals surface area contributed by atoms with Crippen molar-refractivity contribution in [2.24, 2.45) is 0 Å². The summed E-state index contributed by atoms with van der Waals surface area (Å²) >= 11 is 0. The number of benzene rings is 1. The molecule has 1 aromatic carbocycles. The van der Waals surface area contributed by atoms with E-state index in [1.807, 2.05) is 32.1 Å². The van der Waals surface area contributed by atoms with Gasteiger partial charge in [-0.25, -0.2) is 4.79 Å². The van der Waals surface area contributed by atoms with Crippen LogP contribution in [0, 0.1) is 5.41 Å². The molecule has 9 nitrogen and oxygen atoms in total. The number of allylic oxidation sites excluding steroid dienone is 1. The van der Waals surface area contributed by atoms with Crippen LogP contribution >= 0.6 is 0 Å². The molecule has 0 aliphatic carbocycles. The summed E-state index contributed by atoms with van der Waals surface area (Å²) in [6.45, 7) is 8.24. The Labute approximate surface area is 213 Å². The number of cyclic esters (lactones) is 1. The van der Waals surface area contributed by atoms with Crippen LogP contribution in [0.1, 0.15) is 62.9 Å². The molecule has 9 heteroatoms. The molecule has 1 heterocycles. The minimum atomic E-state index is -0.557. The molecule has 0 aromatic heterocycles. The van der Waals surface area contributed by atoms with Gasteiger partial charge in [-0.05, 0) is 44.9 Å². The van der Waals surface area contributed by atoms with Gasteiger partial charge in [-0.2, -0.15) is 0 Å². The van der Waals surface area contributed by atoms with Crippen molar-refractivity contribution in [3.05, 3.63) is 47.6 Å². The summed E-state index contributed by atoms with van der Waals surface area (Å²) in [5, 5.41) is 11.5. The van der Waals surface area contributed by atoms with Crippen molar-refractivity contribution < 1.29 is 33.3 Å². The Kier molecular flexibility index (Phi) is 12.7. The third-order valence-corrected chi connectivity index (χ3v) is 5.28. The van der Waals surface area contributed by atoms with E-state index >= 15 is 0 Å². The van der Waals surface area contributed by atoms with E-state index in [0.29, 0.717) is 43.8 Å². The van der Waals surface area contributed by atoms with E-state index < -0.39 is 12.1 Å². The molecule has 1 aromatic rings. The molecule has 0 saturated carbocycles. The smallest absolute Gasteiger partial charge is 0.342 e. The topological polar surface area (TPSA) is 116 Å². The first kappa shape index (κ1) is 29.1. The number of nitrogens with one attached hydrogen (secondary N) is 2. The number of esters is 1. The van der Waals surface area contributed by atoms with E-state index in [-0.39, 0.29) is 49.0 Å². The molecule has 2 N–H and O–H groups in total. The van der Waals surface area contributed by atoms with Crippen molar-refractivity contribution in [3.8, 4) is 11.5 Å². The van der Waals surface area contributed by atoms with Crippen LogP contribution in [-0.4, -0.2) is 56.5 Å². The maximum Gasteiger partial charge on any atom is 0.342 e. The van der Waals surface area contributed by atoms with Gasteiger partial charge >= 0.3 is 5.97 Å². The molecular weight excluding hydrogens is 464 g/mol. The zero-order valence-corrected chi connectivity index (χ0v) is 21.6. The predicted octanol–water partition coefficient (Wildman–Crippen LogP) is 4.34. The lowest BCUT2D eigenvalue weighted by Gasteiger charge is -2.19. The Morgan fingerprint density at radius 2 is 1.81 bits per heavy atom. The summed E-state index contributed by atoms with van der Waals surface area (Å²) in [6, 6.07) is 3.09. The van der Waals surface area contributed by atoms with Gasteiger partial charge in [0.25, 0.3) is 0 Å². The number of rotatable bonds is 10. The number of carbonyl (C=O) groups excluding carboxylic acids is 2. The Morgan fingerprint density at radius 1 is 1.08 bits per heavy atom. The van der Waals surface area contributed by atoms with Crippen LogP contribution in [0.15, 0.2) is 36.4 Å². The first-order valence-corrected chi connectivity index (χ1v) is 12.4. The third-order valence-electron chi connectivity index (χ3n) is 5.28. The minimum absolute atomic E-state index is 0.0379. The molecule has 2 atom stereocenters. The van der Waals surface area contributed by atoms with Crippen LogP contribution in [0.2, 0.25) is 0 Å². The van der Waals surface area contributed by atoms with E-state index in [9.17, 15) is 9.59 Å². The predicted molar refractivity (Wildman–Crippen MR) is 137 cm³/mol. The number of fused-ring (bicyclic) bond motifs is 1. The highest BCUT2D eigenvalue weighted by Gasteiger charge is 2.24. The van der Waals surface area contributed by atoms with Crippen molar-refractivity contribution in [1.29, 1.82) is 5.41 Å². The highest BCUT2D eigenvalue weighted by atomic mass is 16.7. The number of carbonyl (C=O) groups is 2. The van der Waals surface area contributed by atoms with E-state index in [1.165, 1.54) is 0 Å². The molecule has 1 aliphatic heterocycles. The summed E-state index contributed by atoms with van der Waals surface area (Å²) in [7, 11) is 0. The largest absolute Gasteiger partial charge is 0.467 e. The molecule has 0 saturated heterocycles. The van der Waals surface area contributed by atoms with Crippen molar-refractivity contribution in [2.75, 3.05) is 26.8 Å². The molecule has 0 radical (unpaired) electrons. The second-order valence-corrected chi connectivity index (χ2v) is 8.21. The average molecular weight is 503 g/mol. The van der Waals surface area contributed by atoms with E-state index in [0.717, 1.165) is 0 Å². The first-order chi connectivity index (χ1) is 17.4. The van der Waals surface area contributed by atoms with Crippen LogP contribution in [0.3, 0.4) is 0 Å². The van der Waals surface area contributed by atoms with E-state index in [4.69, 9.17) is 29.1 Å². The number of hydrogen-bond acceptors (Lipinski definition) is 8. The molecule has 36 heavy (non-hydrogen) atoms. The Morgan fingerprint density at radius 3 is 2.50 bits per heavy atom. The maximum absolute atomic E-state index is 13.3. The van der Waals surface area contributed by atoms with Crippen molar-refractivity contribution >= 4 is 17.6 Å². The highest BCUT2D eigenvalue weighted by molar-refractivity contribution is 5.99. The monoisotopic (exact) mass is 502 g/mol. The van der Waals surface area contributed by atoms with Crippen molar-refractivity contribution in [2.45, 2.75) is 65.5 Å². The van der Waals surface area contributed by atoms with Gasteiger partial charge < -0.3 is 34.4 Å². The van der Waals surface area contributed by atoms with Gasteiger partial charge in [-0.3, -0.25) is 4.79 Å². The SMILES string of the molecule is CCOCOc1cc2c(c(OCOCC)c1)C(=O)O[C@H](C)C/C=C/[C@H](NC(=O)CC)C/C=C/C(=N)C2. The van der Waals surface area contributed by atoms with Crippen LogP contribution in [0.25, 0.3) is 0 Å². The van der Waals surface area contributed by atoms with Crippen LogP contribution in [-0.2, 0) is 25.4 Å². The molecule has 0 fully saturated rings. The second-order valence-electron chi connectivity index (χ2n) is 8.21. The lowest BCUT2D eigenvalue weighted by Crippen LogP contribution is -2.32. The van der Waals surface area contributed by atoms with Gasteiger partial charge in [0.15, 0.2) is 13.6 Å². The second kappa shape index (κ2) is 15.7. The van der Waals surface area contributed by atoms with Gasteiger partial charge in [0.05, 0.1) is 6.04 Å². The summed E-state index contributed by atoms with van der Waals surface area (Å²) in [5.74, 6) is 0.0874. The van der Waals surface area contributed by atoms with Gasteiger partial charge in [-0.1, -0.05) is 25.2 Å². The molecule has 198 valence electrons. The van der Waals surface area contributed by atoms with E-state index in [2.05, 4.69) is 5.32 Å². The normalized spacial score (nSPS) is 20.4. The fourth-order valence-electron chi connectivity index (χ4n) is 3.43. The Bertz CT molecular complexity index is 942. The van der Waals surface area contributed by atoms with Crippen molar-refractivity contribution in [3.63, 3.8) is 0 Å². The van der Waals surface area contributed by atoms with Crippen LogP contribution < -0.4 is 14.8 Å². The average Bonchev–Trinajstić information content (AvgIpc) is 2.83. The summed E-state index contributed by atoms with van der Waals surface area (Å²) < 4.78 is 27.8. The summed E-state index contributed by atoms with van der Waals surface area (Å²) in [5.41, 5.74) is 1.04.